The average molecular weight is 258 g/mol. The van der Waals surface area contributed by atoms with Crippen LogP contribution >= 0.6 is 0 Å². The Hall–Kier alpha value is -0.650. The average Bonchev–Trinajstić information content (AvgIpc) is 2.36. The smallest absolute Gasteiger partial charge is 0.223 e. The molecule has 3 unspecified atom stereocenters. The molecule has 0 aromatic carbocycles. The Morgan fingerprint density at radius 2 is 2.11 bits per heavy atom. The Morgan fingerprint density at radius 3 is 2.78 bits per heavy atom. The molecule has 0 bridgehead atoms. The Labute approximate surface area is 109 Å². The van der Waals surface area contributed by atoms with Gasteiger partial charge >= 0.3 is 0 Å². The molecule has 0 saturated heterocycles. The van der Waals surface area contributed by atoms with Gasteiger partial charge in [0.2, 0.25) is 5.91 Å². The number of nitrogens with two attached hydrogens (primary N) is 1. The highest BCUT2D eigenvalue weighted by Crippen LogP contribution is 2.27. The Bertz CT molecular complexity index is 248. The third-order valence-electron chi connectivity index (χ3n) is 3.61. The monoisotopic (exact) mass is 258 g/mol. The van der Waals surface area contributed by atoms with E-state index in [1.54, 1.807) is 7.11 Å². The summed E-state index contributed by atoms with van der Waals surface area (Å²) in [6.45, 7) is 4.40. The van der Waals surface area contributed by atoms with Crippen LogP contribution in [0.2, 0.25) is 0 Å². The Kier molecular flexibility index (Phi) is 7.23. The topological polar surface area (TPSA) is 73.6 Å². The van der Waals surface area contributed by atoms with E-state index < -0.39 is 0 Å². The zero-order valence-corrected chi connectivity index (χ0v) is 11.5. The molecular formula is C13H26N2O3. The highest BCUT2D eigenvalue weighted by atomic mass is 16.5. The van der Waals surface area contributed by atoms with Crippen LogP contribution in [0.4, 0.5) is 0 Å². The van der Waals surface area contributed by atoms with Crippen LogP contribution in [0.3, 0.4) is 0 Å². The molecule has 1 aliphatic rings. The summed E-state index contributed by atoms with van der Waals surface area (Å²) in [5.74, 6) is 0.731. The van der Waals surface area contributed by atoms with Crippen LogP contribution in [0, 0.1) is 11.8 Å². The van der Waals surface area contributed by atoms with Gasteiger partial charge in [0.25, 0.3) is 0 Å². The molecule has 106 valence electrons. The number of rotatable bonds is 7. The normalized spacial score (nSPS) is 28.1. The quantitative estimate of drug-likeness (QED) is 0.653. The fourth-order valence-electron chi connectivity index (χ4n) is 2.23. The van der Waals surface area contributed by atoms with Gasteiger partial charge in [-0.1, -0.05) is 6.92 Å². The van der Waals surface area contributed by atoms with Gasteiger partial charge in [0.15, 0.2) is 0 Å². The molecule has 1 rings (SSSR count). The minimum Gasteiger partial charge on any atom is -0.382 e. The lowest BCUT2D eigenvalue weighted by Crippen LogP contribution is -2.42. The first-order valence-corrected chi connectivity index (χ1v) is 6.75. The van der Waals surface area contributed by atoms with Crippen molar-refractivity contribution in [3.05, 3.63) is 0 Å². The molecule has 0 aromatic rings. The molecule has 0 heterocycles. The van der Waals surface area contributed by atoms with Gasteiger partial charge in [-0.05, 0) is 25.2 Å². The number of ether oxygens (including phenoxy) is 2. The van der Waals surface area contributed by atoms with E-state index in [0.717, 1.165) is 19.3 Å². The van der Waals surface area contributed by atoms with Crippen molar-refractivity contribution >= 4 is 5.91 Å². The second kappa shape index (κ2) is 8.45. The van der Waals surface area contributed by atoms with Crippen molar-refractivity contribution in [2.24, 2.45) is 17.6 Å². The number of carbonyl (C=O) groups is 1. The van der Waals surface area contributed by atoms with E-state index >= 15 is 0 Å². The van der Waals surface area contributed by atoms with Gasteiger partial charge in [-0.3, -0.25) is 4.79 Å². The third-order valence-corrected chi connectivity index (χ3v) is 3.61. The van der Waals surface area contributed by atoms with Crippen LogP contribution in [0.1, 0.15) is 26.2 Å². The lowest BCUT2D eigenvalue weighted by molar-refractivity contribution is -0.126. The van der Waals surface area contributed by atoms with E-state index in [4.69, 9.17) is 15.2 Å². The van der Waals surface area contributed by atoms with E-state index in [1.165, 1.54) is 0 Å². The SMILES string of the molecule is COCCOCCNC(=O)C1CCC(C)C(N)C1. The summed E-state index contributed by atoms with van der Waals surface area (Å²) in [4.78, 5) is 11.9. The molecule has 0 spiro atoms. The van der Waals surface area contributed by atoms with E-state index in [0.29, 0.717) is 32.3 Å². The van der Waals surface area contributed by atoms with Gasteiger partial charge in [0, 0.05) is 25.6 Å². The number of nitrogens with one attached hydrogen (secondary N) is 1. The van der Waals surface area contributed by atoms with Crippen LogP contribution in [-0.2, 0) is 14.3 Å². The van der Waals surface area contributed by atoms with E-state index in [9.17, 15) is 4.79 Å². The van der Waals surface area contributed by atoms with E-state index in [-0.39, 0.29) is 17.9 Å². The molecule has 3 N–H and O–H groups in total. The van der Waals surface area contributed by atoms with Crippen LogP contribution in [-0.4, -0.2) is 45.4 Å². The third kappa shape index (κ3) is 5.33. The molecule has 18 heavy (non-hydrogen) atoms. The molecule has 3 atom stereocenters. The van der Waals surface area contributed by atoms with E-state index in [1.807, 2.05) is 0 Å². The molecule has 1 amide bonds. The van der Waals surface area contributed by atoms with Crippen molar-refractivity contribution in [1.82, 2.24) is 5.32 Å². The Balaban J connectivity index is 2.09. The summed E-state index contributed by atoms with van der Waals surface area (Å²) in [6.07, 6.45) is 2.80. The first-order valence-electron chi connectivity index (χ1n) is 6.75. The predicted molar refractivity (Wildman–Crippen MR) is 70.2 cm³/mol. The first kappa shape index (κ1) is 15.4. The van der Waals surface area contributed by atoms with E-state index in [2.05, 4.69) is 12.2 Å². The van der Waals surface area contributed by atoms with Gasteiger partial charge in [0.05, 0.1) is 19.8 Å². The number of amides is 1. The van der Waals surface area contributed by atoms with Crippen LogP contribution in [0.25, 0.3) is 0 Å². The standard InChI is InChI=1S/C13H26N2O3/c1-10-3-4-11(9-12(10)14)13(16)15-5-6-18-8-7-17-2/h10-12H,3-9,14H2,1-2H3,(H,15,16). The Morgan fingerprint density at radius 1 is 1.33 bits per heavy atom. The molecule has 1 aliphatic carbocycles. The highest BCUT2D eigenvalue weighted by Gasteiger charge is 2.29. The zero-order valence-electron chi connectivity index (χ0n) is 11.5. The van der Waals surface area contributed by atoms with Crippen molar-refractivity contribution in [1.29, 1.82) is 0 Å². The minimum absolute atomic E-state index is 0.0789. The molecule has 0 radical (unpaired) electrons. The largest absolute Gasteiger partial charge is 0.382 e. The fourth-order valence-corrected chi connectivity index (χ4v) is 2.23. The molecule has 0 aromatic heterocycles. The van der Waals surface area contributed by atoms with Crippen molar-refractivity contribution in [3.8, 4) is 0 Å². The van der Waals surface area contributed by atoms with Crippen molar-refractivity contribution < 1.29 is 14.3 Å². The lowest BCUT2D eigenvalue weighted by atomic mass is 9.79. The second-order valence-electron chi connectivity index (χ2n) is 5.05. The van der Waals surface area contributed by atoms with Gasteiger partial charge in [-0.2, -0.15) is 0 Å². The number of hydrogen-bond donors (Lipinski definition) is 2. The maximum Gasteiger partial charge on any atom is 0.223 e. The second-order valence-corrected chi connectivity index (χ2v) is 5.05. The van der Waals surface area contributed by atoms with Crippen LogP contribution < -0.4 is 11.1 Å². The number of hydrogen-bond acceptors (Lipinski definition) is 4. The van der Waals surface area contributed by atoms with Gasteiger partial charge < -0.3 is 20.5 Å². The minimum atomic E-state index is 0.0789. The van der Waals surface area contributed by atoms with Crippen molar-refractivity contribution in [3.63, 3.8) is 0 Å². The van der Waals surface area contributed by atoms with Crippen LogP contribution in [0.5, 0.6) is 0 Å². The predicted octanol–water partition coefficient (Wildman–Crippen LogP) is 0.529. The molecule has 5 heteroatoms. The number of carbonyl (C=O) groups excluding carboxylic acids is 1. The summed E-state index contributed by atoms with van der Waals surface area (Å²) >= 11 is 0. The van der Waals surface area contributed by atoms with Crippen molar-refractivity contribution in [2.45, 2.75) is 32.2 Å². The maximum atomic E-state index is 11.9. The fraction of sp³-hybridized carbons (Fsp3) is 0.923. The number of methoxy groups -OCH3 is 1. The molecule has 1 saturated carbocycles. The highest BCUT2D eigenvalue weighted by molar-refractivity contribution is 5.78. The van der Waals surface area contributed by atoms with Gasteiger partial charge in [-0.15, -0.1) is 0 Å². The molecule has 0 aliphatic heterocycles. The van der Waals surface area contributed by atoms with Crippen molar-refractivity contribution in [2.75, 3.05) is 33.5 Å². The summed E-state index contributed by atoms with van der Waals surface area (Å²) in [7, 11) is 1.64. The lowest BCUT2D eigenvalue weighted by Gasteiger charge is -2.30. The maximum absolute atomic E-state index is 11.9. The summed E-state index contributed by atoms with van der Waals surface area (Å²) in [6, 6.07) is 0.160. The molecule has 5 nitrogen and oxygen atoms in total. The first-order chi connectivity index (χ1) is 8.65. The van der Waals surface area contributed by atoms with Gasteiger partial charge in [-0.25, -0.2) is 0 Å². The molecule has 1 fully saturated rings. The van der Waals surface area contributed by atoms with Gasteiger partial charge in [0.1, 0.15) is 0 Å². The summed E-state index contributed by atoms with van der Waals surface area (Å²) < 4.78 is 10.1. The summed E-state index contributed by atoms with van der Waals surface area (Å²) in [5, 5.41) is 2.90. The zero-order chi connectivity index (χ0) is 13.4. The summed E-state index contributed by atoms with van der Waals surface area (Å²) in [5.41, 5.74) is 6.00. The van der Waals surface area contributed by atoms with Crippen LogP contribution in [0.15, 0.2) is 0 Å². The molecular weight excluding hydrogens is 232 g/mol.